The quantitative estimate of drug-likeness (QED) is 0.513. The molecule has 2 saturated heterocycles. The van der Waals surface area contributed by atoms with Crippen LogP contribution >= 0.6 is 0 Å². The molecule has 1 amide bonds. The number of likely N-dealkylation sites (tertiary alicyclic amines) is 1. The van der Waals surface area contributed by atoms with Crippen LogP contribution in [-0.2, 0) is 29.0 Å². The lowest BCUT2D eigenvalue weighted by Crippen LogP contribution is -2.52. The number of nitriles is 1. The lowest BCUT2D eigenvalue weighted by Gasteiger charge is -2.40. The number of aryl methyl sites for hydroxylation is 1. The Bertz CT molecular complexity index is 1210. The molecule has 1 aromatic rings. The molecule has 37 heavy (non-hydrogen) atoms. The summed E-state index contributed by atoms with van der Waals surface area (Å²) in [5.41, 5.74) is 2.37. The van der Waals surface area contributed by atoms with E-state index < -0.39 is 27.5 Å². The number of rotatable bonds is 6. The van der Waals surface area contributed by atoms with Crippen molar-refractivity contribution in [3.05, 3.63) is 41.0 Å². The predicted molar refractivity (Wildman–Crippen MR) is 135 cm³/mol. The molecule has 3 aliphatic heterocycles. The Morgan fingerprint density at radius 2 is 2.00 bits per heavy atom. The molecule has 1 aromatic carbocycles. The number of esters is 1. The maximum atomic E-state index is 13.5. The smallest absolute Gasteiger partial charge is 0.410 e. The van der Waals surface area contributed by atoms with Crippen LogP contribution < -0.4 is 0 Å². The molecule has 0 bridgehead atoms. The van der Waals surface area contributed by atoms with E-state index in [0.29, 0.717) is 38.2 Å². The fraction of sp³-hybridized carbons (Fsp3) is 0.577. The zero-order chi connectivity index (χ0) is 26.6. The molecule has 1 atom stereocenters. The molecule has 0 aliphatic carbocycles. The van der Waals surface area contributed by atoms with Crippen molar-refractivity contribution in [1.82, 2.24) is 9.21 Å². The number of piperidine rings is 1. The largest absolute Gasteiger partial charge is 0.469 e. The number of amides is 1. The number of ether oxygens (including phenoxy) is 3. The molecular weight excluding hydrogens is 498 g/mol. The summed E-state index contributed by atoms with van der Waals surface area (Å²) in [6, 6.07) is 7.61. The van der Waals surface area contributed by atoms with E-state index in [1.807, 2.05) is 25.1 Å². The summed E-state index contributed by atoms with van der Waals surface area (Å²) in [7, 11) is -2.53. The van der Waals surface area contributed by atoms with Crippen molar-refractivity contribution in [2.24, 2.45) is 5.41 Å². The molecule has 3 aliphatic rings. The molecule has 0 radical (unpaired) electrons. The van der Waals surface area contributed by atoms with Gasteiger partial charge < -0.3 is 19.1 Å². The Morgan fingerprint density at radius 3 is 2.57 bits per heavy atom. The molecule has 0 spiro atoms. The number of methoxy groups -OCH3 is 1. The van der Waals surface area contributed by atoms with Gasteiger partial charge in [0.1, 0.15) is 6.10 Å². The van der Waals surface area contributed by atoms with Crippen LogP contribution in [0.3, 0.4) is 0 Å². The van der Waals surface area contributed by atoms with Gasteiger partial charge in [0.25, 0.3) is 0 Å². The maximum absolute atomic E-state index is 13.5. The summed E-state index contributed by atoms with van der Waals surface area (Å²) >= 11 is 0. The minimum absolute atomic E-state index is 0.175. The molecule has 0 N–H and O–H groups in total. The van der Waals surface area contributed by atoms with E-state index >= 15 is 0 Å². The van der Waals surface area contributed by atoms with E-state index in [0.717, 1.165) is 16.7 Å². The van der Waals surface area contributed by atoms with Crippen LogP contribution in [0.4, 0.5) is 4.79 Å². The monoisotopic (exact) mass is 531 g/mol. The van der Waals surface area contributed by atoms with E-state index in [1.54, 1.807) is 6.07 Å². The normalized spacial score (nSPS) is 22.1. The molecule has 3 heterocycles. The van der Waals surface area contributed by atoms with Gasteiger partial charge in [-0.25, -0.2) is 13.2 Å². The highest BCUT2D eigenvalue weighted by atomic mass is 32.2. The van der Waals surface area contributed by atoms with Gasteiger partial charge in [0.2, 0.25) is 10.0 Å². The average Bonchev–Trinajstić information content (AvgIpc) is 3.41. The van der Waals surface area contributed by atoms with E-state index in [4.69, 9.17) is 19.5 Å². The summed E-state index contributed by atoms with van der Waals surface area (Å²) in [6.45, 7) is 3.78. The summed E-state index contributed by atoms with van der Waals surface area (Å²) in [4.78, 5) is 26.9. The number of nitrogens with zero attached hydrogens (tertiary/aromatic N) is 3. The predicted octanol–water partition coefficient (Wildman–Crippen LogP) is 2.47. The zero-order valence-corrected chi connectivity index (χ0v) is 22.1. The van der Waals surface area contributed by atoms with Crippen LogP contribution in [0.2, 0.25) is 0 Å². The molecular formula is C26H33N3O7S. The second-order valence-electron chi connectivity index (χ2n) is 9.86. The Kier molecular flexibility index (Phi) is 8.21. The third-order valence-corrected chi connectivity index (χ3v) is 9.51. The fourth-order valence-electron chi connectivity index (χ4n) is 5.25. The summed E-state index contributed by atoms with van der Waals surface area (Å²) in [6.07, 6.45) is 2.69. The molecule has 0 aromatic heterocycles. The fourth-order valence-corrected chi connectivity index (χ4v) is 7.20. The summed E-state index contributed by atoms with van der Waals surface area (Å²) < 4.78 is 44.0. The number of hydrogen-bond acceptors (Lipinski definition) is 8. The first-order valence-corrected chi connectivity index (χ1v) is 14.1. The van der Waals surface area contributed by atoms with Gasteiger partial charge in [-0.15, -0.1) is 0 Å². The third kappa shape index (κ3) is 5.98. The first kappa shape index (κ1) is 27.1. The van der Waals surface area contributed by atoms with Crippen molar-refractivity contribution in [1.29, 1.82) is 5.26 Å². The van der Waals surface area contributed by atoms with Gasteiger partial charge in [-0.05, 0) is 55.0 Å². The van der Waals surface area contributed by atoms with E-state index in [9.17, 15) is 18.0 Å². The lowest BCUT2D eigenvalue weighted by atomic mass is 9.80. The summed E-state index contributed by atoms with van der Waals surface area (Å²) in [5.74, 6) is -0.944. The van der Waals surface area contributed by atoms with Crippen LogP contribution in [0.25, 0.3) is 5.57 Å². The molecule has 0 saturated carbocycles. The van der Waals surface area contributed by atoms with Gasteiger partial charge in [0.05, 0.1) is 43.1 Å². The van der Waals surface area contributed by atoms with Gasteiger partial charge in [-0.2, -0.15) is 9.57 Å². The lowest BCUT2D eigenvalue weighted by molar-refractivity contribution is -0.154. The number of carbonyl (C=O) groups excluding carboxylic acids is 2. The van der Waals surface area contributed by atoms with Gasteiger partial charge in [0, 0.05) is 32.6 Å². The second kappa shape index (κ2) is 11.2. The van der Waals surface area contributed by atoms with Gasteiger partial charge >= 0.3 is 12.1 Å². The SMILES string of the molecule is COC(=O)C1(CS(=O)(=O)N2CC=C(c3ccc(C#N)cc3C)CC2)CCN(C(=O)O[C@H]2CCOC2)CC1. The Labute approximate surface area is 217 Å². The highest BCUT2D eigenvalue weighted by molar-refractivity contribution is 7.89. The third-order valence-electron chi connectivity index (χ3n) is 7.48. The van der Waals surface area contributed by atoms with Gasteiger partial charge in [0.15, 0.2) is 0 Å². The van der Waals surface area contributed by atoms with E-state index in [2.05, 4.69) is 6.07 Å². The van der Waals surface area contributed by atoms with Crippen LogP contribution in [0.1, 0.15) is 42.4 Å². The molecule has 200 valence electrons. The number of sulfonamides is 1. The number of benzene rings is 1. The van der Waals surface area contributed by atoms with Crippen LogP contribution in [0.5, 0.6) is 0 Å². The van der Waals surface area contributed by atoms with Gasteiger partial charge in [-0.3, -0.25) is 4.79 Å². The number of hydrogen-bond donors (Lipinski definition) is 0. The van der Waals surface area contributed by atoms with Crippen LogP contribution in [0.15, 0.2) is 24.3 Å². The minimum Gasteiger partial charge on any atom is -0.469 e. The Morgan fingerprint density at radius 1 is 1.24 bits per heavy atom. The molecule has 4 rings (SSSR count). The highest BCUT2D eigenvalue weighted by Gasteiger charge is 2.48. The first-order chi connectivity index (χ1) is 17.7. The molecule has 0 unspecified atom stereocenters. The van der Waals surface area contributed by atoms with Crippen molar-refractivity contribution in [3.8, 4) is 6.07 Å². The second-order valence-corrected chi connectivity index (χ2v) is 11.8. The van der Waals surface area contributed by atoms with Crippen molar-refractivity contribution < 1.29 is 32.2 Å². The zero-order valence-electron chi connectivity index (χ0n) is 21.3. The maximum Gasteiger partial charge on any atom is 0.410 e. The van der Waals surface area contributed by atoms with Crippen molar-refractivity contribution in [2.45, 2.75) is 38.7 Å². The van der Waals surface area contributed by atoms with E-state index in [1.165, 1.54) is 16.3 Å². The topological polar surface area (TPSA) is 126 Å². The Balaban J connectivity index is 1.42. The first-order valence-electron chi connectivity index (χ1n) is 12.5. The summed E-state index contributed by atoms with van der Waals surface area (Å²) in [5, 5.41) is 9.10. The van der Waals surface area contributed by atoms with Crippen LogP contribution in [-0.4, -0.2) is 88.0 Å². The molecule has 10 nitrogen and oxygen atoms in total. The van der Waals surface area contributed by atoms with Crippen molar-refractivity contribution in [3.63, 3.8) is 0 Å². The van der Waals surface area contributed by atoms with Gasteiger partial charge in [-0.1, -0.05) is 12.1 Å². The van der Waals surface area contributed by atoms with Crippen molar-refractivity contribution >= 4 is 27.7 Å². The standard InChI is InChI=1S/C26H33N3O7S/c1-19-15-20(16-27)3-4-23(19)21-5-10-29(11-6-21)37(32,33)18-26(24(30)34-2)8-12-28(13-9-26)25(31)36-22-7-14-35-17-22/h3-5,15,22H,6-14,17-18H2,1-2H3/t22-/m0/s1. The average molecular weight is 532 g/mol. The highest BCUT2D eigenvalue weighted by Crippen LogP contribution is 2.37. The van der Waals surface area contributed by atoms with Crippen molar-refractivity contribution in [2.75, 3.05) is 52.3 Å². The Hall–Kier alpha value is -2.94. The molecule has 11 heteroatoms. The molecule has 2 fully saturated rings. The minimum atomic E-state index is -3.79. The van der Waals surface area contributed by atoms with E-state index in [-0.39, 0.29) is 44.3 Å². The number of carbonyl (C=O) groups is 2. The van der Waals surface area contributed by atoms with Crippen LogP contribution in [0, 0.1) is 23.7 Å².